The molecular formula is BBrClFILi. The molecule has 0 aromatic carbocycles. The molecule has 0 aromatic rings. The van der Waals surface area contributed by atoms with E-state index in [1.54, 1.807) is 0 Å². The summed E-state index contributed by atoms with van der Waals surface area (Å²) in [4.78, 5) is 0. The van der Waals surface area contributed by atoms with Gasteiger partial charge in [0.05, 0.1) is 0 Å². The van der Waals surface area contributed by atoms with Gasteiger partial charge >= 0.3 is 21.4 Å². The smallest absolute Gasteiger partial charge is 0.472 e. The minimum Gasteiger partial charge on any atom is -0.472 e. The van der Waals surface area contributed by atoms with Crippen LogP contribution in [0.15, 0.2) is 0 Å². The zero-order valence-corrected chi connectivity index (χ0v) is 7.59. The van der Waals surface area contributed by atoms with Crippen LogP contribution in [0.3, 0.4) is 0 Å². The summed E-state index contributed by atoms with van der Waals surface area (Å²) in [6.07, 6.45) is 0. The van der Waals surface area contributed by atoms with Gasteiger partial charge in [0.15, 0.2) is 0 Å². The molecule has 0 heterocycles. The van der Waals surface area contributed by atoms with E-state index in [1.165, 1.54) is 22.4 Å². The third-order valence-corrected chi connectivity index (χ3v) is 0. The third kappa shape index (κ3) is 36.1. The van der Waals surface area contributed by atoms with E-state index >= 15 is 0 Å². The molecule has 0 aromatic heterocycles. The first-order valence-corrected chi connectivity index (χ1v) is 3.47. The SMILES string of the molecule is F[B-](Cl)(Br)I.[Li+]. The fourth-order valence-corrected chi connectivity index (χ4v) is 0. The van der Waals surface area contributed by atoms with Gasteiger partial charge in [-0.2, -0.15) is 0 Å². The monoisotopic (exact) mass is 278 g/mol. The third-order valence-electron chi connectivity index (χ3n) is 0. The Morgan fingerprint density at radius 3 is 1.83 bits per heavy atom. The molecule has 6 heavy (non-hydrogen) atoms. The van der Waals surface area contributed by atoms with Gasteiger partial charge in [-0.1, -0.05) is 0 Å². The molecule has 0 spiro atoms. The van der Waals surface area contributed by atoms with Gasteiger partial charge < -0.3 is 15.8 Å². The van der Waals surface area contributed by atoms with Crippen LogP contribution in [0.4, 0.5) is 4.32 Å². The van der Waals surface area contributed by atoms with Crippen molar-refractivity contribution in [2.45, 2.75) is 0 Å². The molecule has 1 atom stereocenters. The minimum atomic E-state index is -2.25. The van der Waals surface area contributed by atoms with Gasteiger partial charge in [0.1, 0.15) is 0 Å². The van der Waals surface area contributed by atoms with Crippen molar-refractivity contribution < 1.29 is 23.2 Å². The van der Waals surface area contributed by atoms with Crippen LogP contribution >= 0.6 is 49.6 Å². The van der Waals surface area contributed by atoms with Crippen molar-refractivity contribution in [1.82, 2.24) is 0 Å². The standard InChI is InChI=1S/BBrClFI.Li/c2-1(3,4)5;/q-1;+1. The number of hydrogen-bond acceptors (Lipinski definition) is 0. The predicted octanol–water partition coefficient (Wildman–Crippen LogP) is -0.536. The Bertz CT molecular complexity index is 31.0. The minimum absolute atomic E-state index is 0. The van der Waals surface area contributed by atoms with Crippen LogP contribution in [0.25, 0.3) is 0 Å². The van der Waals surface area contributed by atoms with E-state index in [9.17, 15) is 4.32 Å². The second kappa shape index (κ2) is 4.02. The second-order valence-electron chi connectivity index (χ2n) is 0.495. The molecule has 6 heteroatoms. The van der Waals surface area contributed by atoms with Crippen LogP contribution in [-0.2, 0) is 0 Å². The predicted molar refractivity (Wildman–Crippen MR) is 35.7 cm³/mol. The van der Waals surface area contributed by atoms with Crippen LogP contribution in [0.5, 0.6) is 0 Å². The molecule has 0 radical (unpaired) electrons. The molecule has 32 valence electrons. The molecule has 0 fully saturated rings. The van der Waals surface area contributed by atoms with Crippen LogP contribution in [0.1, 0.15) is 0 Å². The average molecular weight is 279 g/mol. The fraction of sp³-hybridized carbons (Fsp3) is 0. The maximum atomic E-state index is 11.4. The van der Waals surface area contributed by atoms with E-state index in [1.807, 2.05) is 0 Å². The van der Waals surface area contributed by atoms with Crippen LogP contribution in [0.2, 0.25) is 0 Å². The van der Waals surface area contributed by atoms with Gasteiger partial charge in [-0.05, 0) is 0 Å². The molecule has 0 nitrogen and oxygen atoms in total. The molecule has 0 aliphatic heterocycles. The van der Waals surface area contributed by atoms with Gasteiger partial charge in [-0.3, -0.25) is 38.1 Å². The number of rotatable bonds is 0. The second-order valence-corrected chi connectivity index (χ2v) is 7.05. The van der Waals surface area contributed by atoms with E-state index in [0.717, 1.165) is 0 Å². The van der Waals surface area contributed by atoms with Crippen molar-refractivity contribution in [3.63, 3.8) is 0 Å². The molecular weight excluding hydrogens is 279 g/mol. The van der Waals surface area contributed by atoms with Gasteiger partial charge in [0.2, 0.25) is 0 Å². The first-order valence-electron chi connectivity index (χ1n) is 0.873. The molecule has 0 aliphatic rings. The summed E-state index contributed by atoms with van der Waals surface area (Å²) in [6, 6.07) is 0. The summed E-state index contributed by atoms with van der Waals surface area (Å²) in [7, 11) is 0. The van der Waals surface area contributed by atoms with E-state index in [0.29, 0.717) is 0 Å². The Hall–Kier alpha value is 2.09. The Morgan fingerprint density at radius 1 is 1.83 bits per heavy atom. The molecule has 1 unspecified atom stereocenters. The Labute approximate surface area is 74.5 Å². The summed E-state index contributed by atoms with van der Waals surface area (Å²) >= 11 is 8.81. The van der Waals surface area contributed by atoms with Gasteiger partial charge in [-0.15, -0.1) is 0 Å². The molecule has 0 aliphatic carbocycles. The number of hydrogen-bond donors (Lipinski definition) is 0. The normalized spacial score (nSPS) is 18.0. The fourth-order valence-electron chi connectivity index (χ4n) is 0. The van der Waals surface area contributed by atoms with Crippen LogP contribution < -0.4 is 18.9 Å². The van der Waals surface area contributed by atoms with Crippen molar-refractivity contribution in [1.29, 1.82) is 0 Å². The van der Waals surface area contributed by atoms with E-state index in [-0.39, 0.29) is 18.9 Å². The first kappa shape index (κ1) is 11.0. The van der Waals surface area contributed by atoms with Crippen molar-refractivity contribution in [2.24, 2.45) is 0 Å². The zero-order valence-electron chi connectivity index (χ0n) is 3.09. The molecule has 0 saturated heterocycles. The molecule has 0 saturated carbocycles. The van der Waals surface area contributed by atoms with Gasteiger partial charge in [-0.25, -0.2) is 0 Å². The van der Waals surface area contributed by atoms with Crippen molar-refractivity contribution >= 4 is 52.1 Å². The van der Waals surface area contributed by atoms with E-state index in [2.05, 4.69) is 15.8 Å². The van der Waals surface area contributed by atoms with Crippen molar-refractivity contribution in [3.8, 4) is 0 Å². The first-order chi connectivity index (χ1) is 2.00. The van der Waals surface area contributed by atoms with Crippen LogP contribution in [-0.4, -0.2) is 2.52 Å². The average Bonchev–Trinajstić information content (AvgIpc) is 0.722. The molecule has 0 rings (SSSR count). The van der Waals surface area contributed by atoms with Gasteiger partial charge in [0, 0.05) is 0 Å². The Kier molecular flexibility index (Phi) is 7.35. The largest absolute Gasteiger partial charge is 1.00 e. The topological polar surface area (TPSA) is 0 Å². The quantitative estimate of drug-likeness (QED) is 0.413. The molecule has 0 N–H and O–H groups in total. The Morgan fingerprint density at radius 2 is 1.83 bits per heavy atom. The van der Waals surface area contributed by atoms with Crippen molar-refractivity contribution in [3.05, 3.63) is 0 Å². The van der Waals surface area contributed by atoms with Crippen molar-refractivity contribution in [2.75, 3.05) is 0 Å². The van der Waals surface area contributed by atoms with E-state index in [4.69, 9.17) is 11.5 Å². The maximum Gasteiger partial charge on any atom is 1.00 e. The summed E-state index contributed by atoms with van der Waals surface area (Å²) in [5.41, 5.74) is 0. The summed E-state index contributed by atoms with van der Waals surface area (Å²) < 4.78 is 9.17. The summed E-state index contributed by atoms with van der Waals surface area (Å²) in [6.45, 7) is 0. The molecule has 0 amide bonds. The van der Waals surface area contributed by atoms with Crippen LogP contribution in [0, 0.1) is 0 Å². The molecule has 0 bridgehead atoms. The Balaban J connectivity index is 0. The summed E-state index contributed by atoms with van der Waals surface area (Å²) in [5, 5.41) is 0. The van der Waals surface area contributed by atoms with Gasteiger partial charge in [0.25, 0.3) is 0 Å². The maximum absolute atomic E-state index is 11.4. The number of halogens is 4. The zero-order chi connectivity index (χ0) is 4.50. The van der Waals surface area contributed by atoms with E-state index < -0.39 is 2.52 Å². The summed E-state index contributed by atoms with van der Waals surface area (Å²) in [5.74, 6) is 0.